The number of non-ortho nitro benzene ring substituents is 1. The summed E-state index contributed by atoms with van der Waals surface area (Å²) in [7, 11) is 0. The number of nitro benzene ring substituents is 1. The topological polar surface area (TPSA) is 61.0 Å². The Hall–Kier alpha value is -1.62. The Kier molecular flexibility index (Phi) is 1.66. The van der Waals surface area contributed by atoms with Crippen LogP contribution in [-0.4, -0.2) is 14.2 Å². The van der Waals surface area contributed by atoms with E-state index in [1.54, 1.807) is 12.3 Å². The van der Waals surface area contributed by atoms with Gasteiger partial charge in [-0.3, -0.25) is 10.1 Å². The van der Waals surface area contributed by atoms with Crippen molar-refractivity contribution in [1.82, 2.24) is 9.30 Å². The predicted octanol–water partition coefficient (Wildman–Crippen LogP) is 1.95. The molecule has 0 saturated heterocycles. The minimum atomic E-state index is -0.469. The monoisotopic (exact) mass is 197 g/mol. The number of nitrogens with zero attached hydrogens (tertiary/aromatic N) is 3. The summed E-state index contributed by atoms with van der Waals surface area (Å²) in [6.45, 7) is 0. The minimum absolute atomic E-state index is 0.00917. The average Bonchev–Trinajstić information content (AvgIpc) is 2.47. The third-order valence-electron chi connectivity index (χ3n) is 1.72. The van der Waals surface area contributed by atoms with Crippen molar-refractivity contribution in [2.75, 3.05) is 0 Å². The smallest absolute Gasteiger partial charge is 0.258 e. The van der Waals surface area contributed by atoms with Crippen molar-refractivity contribution < 1.29 is 4.92 Å². The molecule has 66 valence electrons. The molecule has 0 bridgehead atoms. The van der Waals surface area contributed by atoms with E-state index >= 15 is 0 Å². The van der Waals surface area contributed by atoms with Gasteiger partial charge in [-0.1, -0.05) is 0 Å². The van der Waals surface area contributed by atoms with E-state index in [4.69, 9.17) is 11.8 Å². The molecule has 1 aromatic heterocycles. The Bertz CT molecular complexity index is 480. The molecule has 0 aliphatic rings. The average molecular weight is 198 g/mol. The van der Waals surface area contributed by atoms with Crippen molar-refractivity contribution in [1.29, 1.82) is 0 Å². The molecule has 0 aliphatic carbocycles. The number of hydrogen-bond acceptors (Lipinski definition) is 3. The quantitative estimate of drug-likeness (QED) is 0.519. The standard InChI is InChI=1S/C7H4ClN3O2/c8-10-7-3-6(11(12)13)2-1-5(7)4-9-10/h1-4H. The molecular formula is C7H4ClN3O2. The molecule has 0 N–H and O–H groups in total. The second-order valence-electron chi connectivity index (χ2n) is 2.50. The summed E-state index contributed by atoms with van der Waals surface area (Å²) in [6, 6.07) is 4.41. The van der Waals surface area contributed by atoms with Gasteiger partial charge in [-0.05, 0) is 6.07 Å². The van der Waals surface area contributed by atoms with Crippen LogP contribution >= 0.6 is 11.8 Å². The molecule has 2 aromatic rings. The highest BCUT2D eigenvalue weighted by Crippen LogP contribution is 2.20. The lowest BCUT2D eigenvalue weighted by atomic mass is 10.2. The van der Waals surface area contributed by atoms with Crippen molar-refractivity contribution in [3.05, 3.63) is 34.5 Å². The SMILES string of the molecule is O=[N+]([O-])c1ccc2cnn(Cl)c2c1. The fourth-order valence-corrected chi connectivity index (χ4v) is 1.28. The highest BCUT2D eigenvalue weighted by atomic mass is 35.5. The van der Waals surface area contributed by atoms with Gasteiger partial charge in [0.25, 0.3) is 5.69 Å². The van der Waals surface area contributed by atoms with Crippen molar-refractivity contribution >= 4 is 28.4 Å². The van der Waals surface area contributed by atoms with Crippen molar-refractivity contribution in [3.63, 3.8) is 0 Å². The van der Waals surface area contributed by atoms with E-state index in [2.05, 4.69) is 5.10 Å². The first-order valence-corrected chi connectivity index (χ1v) is 3.80. The largest absolute Gasteiger partial charge is 0.271 e. The zero-order valence-corrected chi connectivity index (χ0v) is 7.10. The van der Waals surface area contributed by atoms with E-state index in [-0.39, 0.29) is 5.69 Å². The van der Waals surface area contributed by atoms with E-state index in [1.165, 1.54) is 12.1 Å². The molecule has 1 aromatic carbocycles. The third kappa shape index (κ3) is 1.23. The molecule has 0 fully saturated rings. The molecule has 13 heavy (non-hydrogen) atoms. The van der Waals surface area contributed by atoms with Crippen molar-refractivity contribution in [3.8, 4) is 0 Å². The maximum Gasteiger partial charge on any atom is 0.271 e. The highest BCUT2D eigenvalue weighted by molar-refractivity contribution is 6.18. The number of rotatable bonds is 1. The molecule has 6 heteroatoms. The molecule has 0 unspecified atom stereocenters. The van der Waals surface area contributed by atoms with Crippen LogP contribution in [0.3, 0.4) is 0 Å². The van der Waals surface area contributed by atoms with Crippen LogP contribution in [0.2, 0.25) is 0 Å². The molecule has 0 atom stereocenters. The molecule has 0 spiro atoms. The van der Waals surface area contributed by atoms with Crippen LogP contribution in [0.5, 0.6) is 0 Å². The van der Waals surface area contributed by atoms with Crippen LogP contribution in [-0.2, 0) is 0 Å². The van der Waals surface area contributed by atoms with Crippen LogP contribution in [0.1, 0.15) is 0 Å². The fraction of sp³-hybridized carbons (Fsp3) is 0. The van der Waals surface area contributed by atoms with Gasteiger partial charge in [0.2, 0.25) is 0 Å². The van der Waals surface area contributed by atoms with E-state index in [0.29, 0.717) is 5.52 Å². The lowest BCUT2D eigenvalue weighted by Crippen LogP contribution is -1.88. The molecule has 5 nitrogen and oxygen atoms in total. The first-order chi connectivity index (χ1) is 6.18. The molecule has 2 rings (SSSR count). The normalized spacial score (nSPS) is 10.5. The summed E-state index contributed by atoms with van der Waals surface area (Å²) in [5.41, 5.74) is 0.547. The van der Waals surface area contributed by atoms with Gasteiger partial charge in [0, 0.05) is 29.3 Å². The molecule has 1 heterocycles. The van der Waals surface area contributed by atoms with Gasteiger partial charge in [-0.25, -0.2) is 0 Å². The van der Waals surface area contributed by atoms with Gasteiger partial charge >= 0.3 is 0 Å². The number of fused-ring (bicyclic) bond motifs is 1. The van der Waals surface area contributed by atoms with Crippen LogP contribution in [0, 0.1) is 10.1 Å². The highest BCUT2D eigenvalue weighted by Gasteiger charge is 2.08. The summed E-state index contributed by atoms with van der Waals surface area (Å²) in [4.78, 5) is 9.94. The van der Waals surface area contributed by atoms with Crippen LogP contribution in [0.4, 0.5) is 5.69 Å². The van der Waals surface area contributed by atoms with Gasteiger partial charge in [0.1, 0.15) is 0 Å². The number of nitro groups is 1. The number of hydrogen-bond donors (Lipinski definition) is 0. The number of aromatic nitrogens is 2. The first-order valence-electron chi connectivity index (χ1n) is 3.47. The van der Waals surface area contributed by atoms with Gasteiger partial charge in [-0.2, -0.15) is 9.30 Å². The van der Waals surface area contributed by atoms with Crippen LogP contribution in [0.25, 0.3) is 10.9 Å². The van der Waals surface area contributed by atoms with Crippen LogP contribution in [0.15, 0.2) is 24.4 Å². The van der Waals surface area contributed by atoms with Gasteiger partial charge < -0.3 is 0 Å². The summed E-state index contributed by atoms with van der Waals surface area (Å²) < 4.78 is 1.09. The predicted molar refractivity (Wildman–Crippen MR) is 47.6 cm³/mol. The van der Waals surface area contributed by atoms with Crippen LogP contribution < -0.4 is 0 Å². The summed E-state index contributed by atoms with van der Waals surface area (Å²) in [5.74, 6) is 0. The lowest BCUT2D eigenvalue weighted by molar-refractivity contribution is -0.384. The van der Waals surface area contributed by atoms with Crippen molar-refractivity contribution in [2.45, 2.75) is 0 Å². The second kappa shape index (κ2) is 2.70. The zero-order valence-electron chi connectivity index (χ0n) is 6.35. The van der Waals surface area contributed by atoms with E-state index in [1.807, 2.05) is 0 Å². The molecule has 0 saturated carbocycles. The Morgan fingerprint density at radius 2 is 2.31 bits per heavy atom. The maximum absolute atomic E-state index is 10.4. The minimum Gasteiger partial charge on any atom is -0.258 e. The first kappa shape index (κ1) is 8.00. The Labute approximate surface area is 77.8 Å². The summed E-state index contributed by atoms with van der Waals surface area (Å²) in [6.07, 6.45) is 1.55. The maximum atomic E-state index is 10.4. The molecule has 0 aliphatic heterocycles. The molecule has 0 amide bonds. The Morgan fingerprint density at radius 1 is 1.54 bits per heavy atom. The summed E-state index contributed by atoms with van der Waals surface area (Å²) in [5, 5.41) is 14.9. The summed E-state index contributed by atoms with van der Waals surface area (Å²) >= 11 is 5.63. The lowest BCUT2D eigenvalue weighted by Gasteiger charge is -1.91. The second-order valence-corrected chi connectivity index (χ2v) is 2.83. The van der Waals surface area contributed by atoms with Crippen molar-refractivity contribution in [2.24, 2.45) is 0 Å². The Balaban J connectivity index is 2.72. The zero-order chi connectivity index (χ0) is 9.42. The van der Waals surface area contributed by atoms with E-state index in [9.17, 15) is 10.1 Å². The molecular weight excluding hydrogens is 194 g/mol. The number of benzene rings is 1. The third-order valence-corrected chi connectivity index (χ3v) is 1.99. The van der Waals surface area contributed by atoms with E-state index < -0.39 is 4.92 Å². The van der Waals surface area contributed by atoms with Gasteiger partial charge in [0.15, 0.2) is 0 Å². The van der Waals surface area contributed by atoms with Gasteiger partial charge in [-0.15, -0.1) is 0 Å². The van der Waals surface area contributed by atoms with E-state index in [0.717, 1.165) is 9.59 Å². The molecule has 0 radical (unpaired) electrons. The Morgan fingerprint density at radius 3 is 3.00 bits per heavy atom. The fourth-order valence-electron chi connectivity index (χ4n) is 1.09. The number of halogens is 1. The van der Waals surface area contributed by atoms with Gasteiger partial charge in [0.05, 0.1) is 16.6 Å².